The van der Waals surface area contributed by atoms with Gasteiger partial charge >= 0.3 is 0 Å². The van der Waals surface area contributed by atoms with E-state index in [-0.39, 0.29) is 11.5 Å². The maximum absolute atomic E-state index is 13.2. The molecule has 0 saturated heterocycles. The van der Waals surface area contributed by atoms with Crippen molar-refractivity contribution in [1.82, 2.24) is 9.97 Å². The summed E-state index contributed by atoms with van der Waals surface area (Å²) in [5.74, 6) is -0.237. The van der Waals surface area contributed by atoms with Crippen LogP contribution in [-0.2, 0) is 10.0 Å². The number of pyridine rings is 1. The van der Waals surface area contributed by atoms with Gasteiger partial charge < -0.3 is 10.7 Å². The summed E-state index contributed by atoms with van der Waals surface area (Å²) < 4.78 is 26.6. The highest BCUT2D eigenvalue weighted by Crippen LogP contribution is 2.24. The van der Waals surface area contributed by atoms with Crippen LogP contribution in [0.25, 0.3) is 16.6 Å². The molecule has 156 valence electrons. The number of allylic oxidation sites excluding steroid dienone is 1. The highest BCUT2D eigenvalue weighted by Gasteiger charge is 2.17. The van der Waals surface area contributed by atoms with E-state index in [1.807, 2.05) is 6.07 Å². The molecule has 0 fully saturated rings. The Morgan fingerprint density at radius 1 is 1.30 bits per heavy atom. The number of nitrogens with two attached hydrogens (primary N) is 1. The summed E-state index contributed by atoms with van der Waals surface area (Å²) in [6.45, 7) is 1.79. The van der Waals surface area contributed by atoms with Crippen LogP contribution in [0.15, 0.2) is 53.9 Å². The van der Waals surface area contributed by atoms with Gasteiger partial charge in [-0.25, -0.2) is 13.4 Å². The fourth-order valence-corrected chi connectivity index (χ4v) is 4.21. The van der Waals surface area contributed by atoms with Crippen molar-refractivity contribution in [1.29, 1.82) is 0 Å². The number of rotatable bonds is 8. The Morgan fingerprint density at radius 3 is 2.80 bits per heavy atom. The van der Waals surface area contributed by atoms with Crippen LogP contribution < -0.4 is 10.5 Å². The first-order chi connectivity index (χ1) is 14.4. The minimum atomic E-state index is -3.45. The average Bonchev–Trinajstić information content (AvgIpc) is 3.14. The van der Waals surface area contributed by atoms with E-state index in [0.717, 1.165) is 5.56 Å². The van der Waals surface area contributed by atoms with Crippen LogP contribution >= 0.6 is 0 Å². The van der Waals surface area contributed by atoms with E-state index in [2.05, 4.69) is 19.7 Å². The lowest BCUT2D eigenvalue weighted by molar-refractivity contribution is 0.104. The van der Waals surface area contributed by atoms with Crippen molar-refractivity contribution in [2.24, 2.45) is 10.7 Å². The molecule has 0 atom stereocenters. The number of carbonyl (C=O) groups is 1. The number of aliphatic imine (C=N–C) groups is 1. The Balaban J connectivity index is 1.98. The van der Waals surface area contributed by atoms with Crippen LogP contribution in [0, 0.1) is 0 Å². The number of anilines is 1. The Labute approximate surface area is 175 Å². The molecular formula is C21H23N5O3S. The van der Waals surface area contributed by atoms with Gasteiger partial charge in [0.25, 0.3) is 0 Å². The number of nitrogens with zero attached hydrogens (tertiary/aromatic N) is 2. The van der Waals surface area contributed by atoms with E-state index in [1.54, 1.807) is 50.8 Å². The fourth-order valence-electron chi connectivity index (χ4n) is 3.08. The summed E-state index contributed by atoms with van der Waals surface area (Å²) in [7, 11) is -1.81. The zero-order valence-electron chi connectivity index (χ0n) is 16.7. The van der Waals surface area contributed by atoms with Crippen LogP contribution in [0.2, 0.25) is 0 Å². The topological polar surface area (TPSA) is 130 Å². The number of ketones is 1. The largest absolute Gasteiger partial charge is 0.404 e. The molecule has 4 N–H and O–H groups in total. The molecule has 3 aromatic rings. The SMILES string of the molecule is CCCS(=O)(=O)Nc1cccc(C(=O)c2c[nH]c3ncc(C(C=NC)=CN)cc23)c1. The molecular weight excluding hydrogens is 402 g/mol. The molecule has 3 rings (SSSR count). The normalized spacial score (nSPS) is 12.5. The van der Waals surface area contributed by atoms with Gasteiger partial charge in [-0.2, -0.15) is 0 Å². The van der Waals surface area contributed by atoms with Crippen molar-refractivity contribution >= 4 is 44.3 Å². The Morgan fingerprint density at radius 2 is 2.10 bits per heavy atom. The van der Waals surface area contributed by atoms with Gasteiger partial charge in [0.1, 0.15) is 5.65 Å². The number of sulfonamides is 1. The summed E-state index contributed by atoms with van der Waals surface area (Å²) in [5, 5.41) is 0.637. The second kappa shape index (κ2) is 8.91. The van der Waals surface area contributed by atoms with Crippen molar-refractivity contribution in [3.63, 3.8) is 0 Å². The smallest absolute Gasteiger partial charge is 0.232 e. The average molecular weight is 426 g/mol. The molecule has 0 saturated carbocycles. The zero-order valence-corrected chi connectivity index (χ0v) is 17.5. The van der Waals surface area contributed by atoms with Gasteiger partial charge in [0, 0.05) is 65.2 Å². The van der Waals surface area contributed by atoms with Gasteiger partial charge in [-0.1, -0.05) is 19.1 Å². The van der Waals surface area contributed by atoms with E-state index < -0.39 is 10.0 Å². The highest BCUT2D eigenvalue weighted by molar-refractivity contribution is 7.92. The molecule has 0 unspecified atom stereocenters. The minimum absolute atomic E-state index is 0.0140. The summed E-state index contributed by atoms with van der Waals surface area (Å²) in [6.07, 6.45) is 6.79. The van der Waals surface area contributed by atoms with Crippen LogP contribution in [0.1, 0.15) is 34.8 Å². The molecule has 0 spiro atoms. The first kappa shape index (κ1) is 21.3. The number of aromatic amines is 1. The monoisotopic (exact) mass is 425 g/mol. The lowest BCUT2D eigenvalue weighted by Gasteiger charge is -2.08. The summed E-state index contributed by atoms with van der Waals surface area (Å²) >= 11 is 0. The summed E-state index contributed by atoms with van der Waals surface area (Å²) in [6, 6.07) is 8.25. The van der Waals surface area contributed by atoms with E-state index >= 15 is 0 Å². The lowest BCUT2D eigenvalue weighted by Crippen LogP contribution is -2.16. The number of carbonyl (C=O) groups excluding carboxylic acids is 1. The maximum Gasteiger partial charge on any atom is 0.232 e. The third-order valence-corrected chi connectivity index (χ3v) is 5.92. The number of aromatic nitrogens is 2. The summed E-state index contributed by atoms with van der Waals surface area (Å²) in [5.41, 5.74) is 8.78. The standard InChI is InChI=1S/C21H23N5O3S/c1-3-7-30(28,29)26-17-6-4-5-14(8-17)20(27)19-13-25-21-18(19)9-15(12-24-21)16(10-22)11-23-2/h4-6,8-13,26H,3,7,22H2,1-2H3,(H,24,25). The molecule has 30 heavy (non-hydrogen) atoms. The second-order valence-electron chi connectivity index (χ2n) is 6.66. The quantitative estimate of drug-likeness (QED) is 0.377. The molecule has 0 aliphatic carbocycles. The molecule has 8 nitrogen and oxygen atoms in total. The lowest BCUT2D eigenvalue weighted by atomic mass is 10.0. The third kappa shape index (κ3) is 4.57. The molecule has 0 bridgehead atoms. The molecule has 2 heterocycles. The van der Waals surface area contributed by atoms with E-state index in [1.165, 1.54) is 12.3 Å². The van der Waals surface area contributed by atoms with Crippen molar-refractivity contribution in [2.75, 3.05) is 17.5 Å². The number of nitrogens with one attached hydrogen (secondary N) is 2. The van der Waals surface area contributed by atoms with Crippen molar-refractivity contribution in [2.45, 2.75) is 13.3 Å². The van der Waals surface area contributed by atoms with Crippen molar-refractivity contribution in [3.8, 4) is 0 Å². The van der Waals surface area contributed by atoms with Gasteiger partial charge in [-0.05, 0) is 24.6 Å². The van der Waals surface area contributed by atoms with Crippen LogP contribution in [0.4, 0.5) is 5.69 Å². The Bertz CT molecular complexity index is 1240. The van der Waals surface area contributed by atoms with Crippen LogP contribution in [0.3, 0.4) is 0 Å². The van der Waals surface area contributed by atoms with Gasteiger partial charge in [0.2, 0.25) is 10.0 Å². The first-order valence-corrected chi connectivity index (χ1v) is 11.0. The molecule has 9 heteroatoms. The molecule has 0 aliphatic rings. The van der Waals surface area contributed by atoms with E-state index in [4.69, 9.17) is 5.73 Å². The molecule has 0 amide bonds. The van der Waals surface area contributed by atoms with E-state index in [0.29, 0.717) is 39.8 Å². The van der Waals surface area contributed by atoms with Gasteiger partial charge in [-0.3, -0.25) is 14.5 Å². The van der Waals surface area contributed by atoms with Crippen LogP contribution in [0.5, 0.6) is 0 Å². The highest BCUT2D eigenvalue weighted by atomic mass is 32.2. The fraction of sp³-hybridized carbons (Fsp3) is 0.190. The maximum atomic E-state index is 13.2. The number of H-pyrrole nitrogens is 1. The van der Waals surface area contributed by atoms with Gasteiger partial charge in [-0.15, -0.1) is 0 Å². The molecule has 0 radical (unpaired) electrons. The third-order valence-electron chi connectivity index (χ3n) is 4.43. The first-order valence-electron chi connectivity index (χ1n) is 9.35. The van der Waals surface area contributed by atoms with Gasteiger partial charge in [0.15, 0.2) is 5.78 Å². The summed E-state index contributed by atoms with van der Waals surface area (Å²) in [4.78, 5) is 24.5. The zero-order chi connectivity index (χ0) is 21.7. The Kier molecular flexibility index (Phi) is 6.31. The molecule has 0 aliphatic heterocycles. The Hall–Kier alpha value is -3.46. The molecule has 2 aromatic heterocycles. The second-order valence-corrected chi connectivity index (χ2v) is 8.50. The molecule has 1 aromatic carbocycles. The van der Waals surface area contributed by atoms with Crippen molar-refractivity contribution < 1.29 is 13.2 Å². The predicted molar refractivity (Wildman–Crippen MR) is 120 cm³/mol. The number of hydrogen-bond acceptors (Lipinski definition) is 6. The van der Waals surface area contributed by atoms with Crippen molar-refractivity contribution in [3.05, 3.63) is 65.6 Å². The van der Waals surface area contributed by atoms with E-state index in [9.17, 15) is 13.2 Å². The number of benzene rings is 1. The number of hydrogen-bond donors (Lipinski definition) is 3. The van der Waals surface area contributed by atoms with Crippen LogP contribution in [-0.4, -0.2) is 43.2 Å². The predicted octanol–water partition coefficient (Wildman–Crippen LogP) is 2.95. The van der Waals surface area contributed by atoms with Gasteiger partial charge in [0.05, 0.1) is 5.75 Å². The minimum Gasteiger partial charge on any atom is -0.404 e. The number of fused-ring (bicyclic) bond motifs is 1.